The highest BCUT2D eigenvalue weighted by atomic mass is 16.4. The number of rotatable bonds is 12. The Hall–Kier alpha value is -0.730. The minimum Gasteiger partial charge on any atom is -0.394 e. The second-order valence-electron chi connectivity index (χ2n) is 5.74. The Labute approximate surface area is 132 Å². The largest absolute Gasteiger partial charge is 0.394 e. The van der Waals surface area contributed by atoms with Crippen LogP contribution in [0.15, 0.2) is 0 Å². The van der Waals surface area contributed by atoms with Crippen LogP contribution in [0.4, 0.5) is 0 Å². The predicted octanol–water partition coefficient (Wildman–Crippen LogP) is -0.759. The molecule has 0 spiro atoms. The zero-order chi connectivity index (χ0) is 17.1. The topological polar surface area (TPSA) is 121 Å². The van der Waals surface area contributed by atoms with Crippen molar-refractivity contribution in [1.29, 1.82) is 0 Å². The Morgan fingerprint density at radius 3 is 2.05 bits per heavy atom. The van der Waals surface area contributed by atoms with E-state index in [1.807, 2.05) is 0 Å². The summed E-state index contributed by atoms with van der Waals surface area (Å²) in [5, 5.41) is 46.9. The number of hydrogen-bond donors (Lipinski definition) is 5. The van der Waals surface area contributed by atoms with E-state index in [-0.39, 0.29) is 12.5 Å². The zero-order valence-corrected chi connectivity index (χ0v) is 13.6. The van der Waals surface area contributed by atoms with Gasteiger partial charge in [-0.2, -0.15) is 0 Å². The first-order chi connectivity index (χ1) is 10.3. The summed E-state index contributed by atoms with van der Waals surface area (Å²) < 4.78 is 0. The molecule has 4 atom stereocenters. The van der Waals surface area contributed by atoms with Crippen molar-refractivity contribution in [3.05, 3.63) is 0 Å². The lowest BCUT2D eigenvalue weighted by Gasteiger charge is -2.28. The molecular formula is C15H31NO6. The number of hydrogen-bond acceptors (Lipinski definition) is 6. The maximum Gasteiger partial charge on any atom is 0.222 e. The van der Waals surface area contributed by atoms with Crippen LogP contribution in [0.5, 0.6) is 0 Å². The molecule has 0 saturated carbocycles. The molecule has 0 aromatic heterocycles. The van der Waals surface area contributed by atoms with Crippen LogP contribution in [0.3, 0.4) is 0 Å². The highest BCUT2D eigenvalue weighted by Crippen LogP contribution is 2.09. The number of carbonyl (C=O) groups is 1. The minimum atomic E-state index is -1.67. The molecule has 0 aromatic rings. The van der Waals surface area contributed by atoms with Crippen LogP contribution in [0, 0.1) is 0 Å². The summed E-state index contributed by atoms with van der Waals surface area (Å²) in [5.41, 5.74) is 0. The molecule has 0 rings (SSSR count). The third-order valence-electron chi connectivity index (χ3n) is 3.71. The van der Waals surface area contributed by atoms with Gasteiger partial charge in [-0.1, -0.05) is 32.6 Å². The maximum absolute atomic E-state index is 11.9. The average Bonchev–Trinajstić information content (AvgIpc) is 2.51. The number of carbonyl (C=O) groups excluding carboxylic acids is 1. The SMILES string of the molecule is CCCCCCCC(=O)N(C)C[C@H](O)[C@H](O)[C@H](O)[C@@H](O)CO. The van der Waals surface area contributed by atoms with Crippen molar-refractivity contribution >= 4 is 5.91 Å². The van der Waals surface area contributed by atoms with Crippen molar-refractivity contribution < 1.29 is 30.3 Å². The normalized spacial score (nSPS) is 16.9. The van der Waals surface area contributed by atoms with Gasteiger partial charge in [-0.25, -0.2) is 0 Å². The summed E-state index contributed by atoms with van der Waals surface area (Å²) in [5.74, 6) is -0.139. The average molecular weight is 321 g/mol. The number of amides is 1. The minimum absolute atomic E-state index is 0.139. The number of unbranched alkanes of at least 4 members (excludes halogenated alkanes) is 4. The van der Waals surface area contributed by atoms with E-state index in [2.05, 4.69) is 6.92 Å². The van der Waals surface area contributed by atoms with Crippen molar-refractivity contribution in [2.45, 2.75) is 69.9 Å². The van der Waals surface area contributed by atoms with Crippen molar-refractivity contribution in [3.8, 4) is 0 Å². The Bertz CT molecular complexity index is 302. The van der Waals surface area contributed by atoms with Crippen LogP contribution in [0.2, 0.25) is 0 Å². The van der Waals surface area contributed by atoms with E-state index >= 15 is 0 Å². The van der Waals surface area contributed by atoms with Gasteiger partial charge in [0.2, 0.25) is 5.91 Å². The highest BCUT2D eigenvalue weighted by molar-refractivity contribution is 5.75. The Morgan fingerprint density at radius 2 is 1.50 bits per heavy atom. The summed E-state index contributed by atoms with van der Waals surface area (Å²) in [6.45, 7) is 1.25. The molecule has 0 aromatic carbocycles. The van der Waals surface area contributed by atoms with Gasteiger partial charge in [0.15, 0.2) is 0 Å². The molecular weight excluding hydrogens is 290 g/mol. The van der Waals surface area contributed by atoms with E-state index in [0.717, 1.165) is 32.1 Å². The fraction of sp³-hybridized carbons (Fsp3) is 0.933. The molecule has 0 fully saturated rings. The van der Waals surface area contributed by atoms with Crippen LogP contribution in [0.1, 0.15) is 45.4 Å². The molecule has 5 N–H and O–H groups in total. The Balaban J connectivity index is 4.11. The molecule has 7 heteroatoms. The lowest BCUT2D eigenvalue weighted by molar-refractivity contribution is -0.138. The molecule has 0 saturated heterocycles. The van der Waals surface area contributed by atoms with Crippen molar-refractivity contribution in [3.63, 3.8) is 0 Å². The van der Waals surface area contributed by atoms with Gasteiger partial charge in [0.25, 0.3) is 0 Å². The van der Waals surface area contributed by atoms with Gasteiger partial charge in [-0.3, -0.25) is 4.79 Å². The van der Waals surface area contributed by atoms with Crippen LogP contribution >= 0.6 is 0 Å². The fourth-order valence-corrected chi connectivity index (χ4v) is 2.12. The van der Waals surface area contributed by atoms with E-state index in [4.69, 9.17) is 5.11 Å². The lowest BCUT2D eigenvalue weighted by atomic mass is 10.0. The highest BCUT2D eigenvalue weighted by Gasteiger charge is 2.31. The van der Waals surface area contributed by atoms with Crippen molar-refractivity contribution in [2.24, 2.45) is 0 Å². The molecule has 7 nitrogen and oxygen atoms in total. The molecule has 0 unspecified atom stereocenters. The predicted molar refractivity (Wildman–Crippen MR) is 82.1 cm³/mol. The molecule has 1 amide bonds. The van der Waals surface area contributed by atoms with Crippen LogP contribution in [0.25, 0.3) is 0 Å². The third kappa shape index (κ3) is 8.05. The van der Waals surface area contributed by atoms with Crippen LogP contribution < -0.4 is 0 Å². The van der Waals surface area contributed by atoms with Gasteiger partial charge in [0.1, 0.15) is 24.4 Å². The molecule has 0 radical (unpaired) electrons. The van der Waals surface area contributed by atoms with Crippen molar-refractivity contribution in [2.75, 3.05) is 20.2 Å². The standard InChI is InChI=1S/C15H31NO6/c1-3-4-5-6-7-8-13(20)16(2)9-11(18)14(21)15(22)12(19)10-17/h11-12,14-15,17-19,21-22H,3-10H2,1-2H3/t11-,12-,14-,15+/m0/s1. The molecule has 0 bridgehead atoms. The van der Waals surface area contributed by atoms with Gasteiger partial charge < -0.3 is 30.4 Å². The Morgan fingerprint density at radius 1 is 0.955 bits per heavy atom. The summed E-state index contributed by atoms with van der Waals surface area (Å²) >= 11 is 0. The molecule has 0 heterocycles. The van der Waals surface area contributed by atoms with Crippen LogP contribution in [-0.2, 0) is 4.79 Å². The third-order valence-corrected chi connectivity index (χ3v) is 3.71. The fourth-order valence-electron chi connectivity index (χ4n) is 2.12. The van der Waals surface area contributed by atoms with Gasteiger partial charge in [0, 0.05) is 20.0 Å². The van der Waals surface area contributed by atoms with E-state index in [9.17, 15) is 25.2 Å². The van der Waals surface area contributed by atoms with Gasteiger partial charge in [-0.05, 0) is 6.42 Å². The van der Waals surface area contributed by atoms with Crippen molar-refractivity contribution in [1.82, 2.24) is 4.90 Å². The first-order valence-electron chi connectivity index (χ1n) is 7.92. The van der Waals surface area contributed by atoms with E-state index in [0.29, 0.717) is 6.42 Å². The summed E-state index contributed by atoms with van der Waals surface area (Å²) in [7, 11) is 1.51. The number of aliphatic hydroxyl groups excluding tert-OH is 5. The van der Waals surface area contributed by atoms with Gasteiger partial charge >= 0.3 is 0 Å². The zero-order valence-electron chi connectivity index (χ0n) is 13.6. The smallest absolute Gasteiger partial charge is 0.222 e. The monoisotopic (exact) mass is 321 g/mol. The van der Waals surface area contributed by atoms with E-state index < -0.39 is 31.0 Å². The molecule has 0 aliphatic rings. The number of likely N-dealkylation sites (N-methyl/N-ethyl adjacent to an activating group) is 1. The molecule has 0 aliphatic heterocycles. The van der Waals surface area contributed by atoms with Crippen LogP contribution in [-0.4, -0.2) is 81.0 Å². The second kappa shape index (κ2) is 11.8. The summed E-state index contributed by atoms with van der Waals surface area (Å²) in [6, 6.07) is 0. The van der Waals surface area contributed by atoms with Gasteiger partial charge in [0.05, 0.1) is 6.61 Å². The maximum atomic E-state index is 11.9. The lowest BCUT2D eigenvalue weighted by Crippen LogP contribution is -2.49. The number of aliphatic hydroxyl groups is 5. The molecule has 22 heavy (non-hydrogen) atoms. The molecule has 0 aliphatic carbocycles. The second-order valence-corrected chi connectivity index (χ2v) is 5.74. The molecule has 132 valence electrons. The summed E-state index contributed by atoms with van der Waals surface area (Å²) in [4.78, 5) is 13.2. The Kier molecular flexibility index (Phi) is 11.4. The quantitative estimate of drug-likeness (QED) is 0.301. The summed E-state index contributed by atoms with van der Waals surface area (Å²) in [6.07, 6.45) is -0.701. The van der Waals surface area contributed by atoms with E-state index in [1.54, 1.807) is 0 Å². The number of nitrogens with zero attached hydrogens (tertiary/aromatic N) is 1. The first-order valence-corrected chi connectivity index (χ1v) is 7.92. The van der Waals surface area contributed by atoms with E-state index in [1.165, 1.54) is 11.9 Å². The first kappa shape index (κ1) is 21.3. The van der Waals surface area contributed by atoms with Gasteiger partial charge in [-0.15, -0.1) is 0 Å².